The van der Waals surface area contributed by atoms with Crippen molar-refractivity contribution in [3.05, 3.63) is 60.6 Å². The molecule has 4 nitrogen and oxygen atoms in total. The van der Waals surface area contributed by atoms with Gasteiger partial charge in [-0.15, -0.1) is 0 Å². The van der Waals surface area contributed by atoms with Crippen LogP contribution in [0.3, 0.4) is 0 Å². The van der Waals surface area contributed by atoms with E-state index in [-0.39, 0.29) is 5.91 Å². The van der Waals surface area contributed by atoms with Crippen LogP contribution in [0.5, 0.6) is 0 Å². The number of likely N-dealkylation sites (tertiary alicyclic amines) is 1. The summed E-state index contributed by atoms with van der Waals surface area (Å²) < 4.78 is 5.19. The summed E-state index contributed by atoms with van der Waals surface area (Å²) >= 11 is 0. The van der Waals surface area contributed by atoms with Crippen molar-refractivity contribution < 1.29 is 9.21 Å². The summed E-state index contributed by atoms with van der Waals surface area (Å²) in [7, 11) is 0. The third-order valence-corrected chi connectivity index (χ3v) is 3.88. The Hall–Kier alpha value is -2.49. The number of carbonyl (C=O) groups excluding carboxylic acids is 1. The minimum Gasteiger partial charge on any atom is -0.465 e. The zero-order valence-electron chi connectivity index (χ0n) is 12.4. The maximum Gasteiger partial charge on any atom is 0.246 e. The zero-order chi connectivity index (χ0) is 15.2. The van der Waals surface area contributed by atoms with E-state index in [1.165, 1.54) is 0 Å². The average Bonchev–Trinajstić information content (AvgIpc) is 3.08. The number of carbonyl (C=O) groups is 1. The van der Waals surface area contributed by atoms with Gasteiger partial charge >= 0.3 is 0 Å². The second kappa shape index (κ2) is 6.98. The molecule has 1 N–H and O–H groups in total. The molecule has 4 heteroatoms. The summed E-state index contributed by atoms with van der Waals surface area (Å²) in [5.41, 5.74) is 1.14. The molecule has 2 aromatic rings. The Bertz CT molecular complexity index is 612. The number of anilines is 1. The monoisotopic (exact) mass is 296 g/mol. The van der Waals surface area contributed by atoms with E-state index in [9.17, 15) is 4.79 Å². The topological polar surface area (TPSA) is 45.5 Å². The summed E-state index contributed by atoms with van der Waals surface area (Å²) in [6.45, 7) is 1.57. The van der Waals surface area contributed by atoms with Crippen LogP contribution in [0.2, 0.25) is 0 Å². The Kier molecular flexibility index (Phi) is 4.59. The molecule has 2 heterocycles. The molecule has 22 heavy (non-hydrogen) atoms. The molecule has 0 saturated carbocycles. The van der Waals surface area contributed by atoms with Gasteiger partial charge in [0, 0.05) is 30.9 Å². The Balaban J connectivity index is 1.48. The molecule has 0 spiro atoms. The summed E-state index contributed by atoms with van der Waals surface area (Å²) in [6, 6.07) is 14.3. The SMILES string of the molecule is O=C(/C=C\c1ccco1)N1CCC(Nc2ccccc2)CC1. The van der Waals surface area contributed by atoms with Gasteiger partial charge < -0.3 is 14.6 Å². The number of hydrogen-bond donors (Lipinski definition) is 1. The number of nitrogens with one attached hydrogen (secondary N) is 1. The molecular weight excluding hydrogens is 276 g/mol. The Morgan fingerprint density at radius 1 is 1.14 bits per heavy atom. The predicted molar refractivity (Wildman–Crippen MR) is 87.4 cm³/mol. The Labute approximate surface area is 130 Å². The van der Waals surface area contributed by atoms with Crippen LogP contribution in [0, 0.1) is 0 Å². The molecular formula is C18H20N2O2. The van der Waals surface area contributed by atoms with Crippen molar-refractivity contribution in [1.29, 1.82) is 0 Å². The second-order valence-corrected chi connectivity index (χ2v) is 5.46. The number of furan rings is 1. The molecule has 0 radical (unpaired) electrons. The van der Waals surface area contributed by atoms with E-state index in [0.29, 0.717) is 11.8 Å². The highest BCUT2D eigenvalue weighted by Crippen LogP contribution is 2.16. The van der Waals surface area contributed by atoms with Crippen LogP contribution in [0.4, 0.5) is 5.69 Å². The lowest BCUT2D eigenvalue weighted by molar-refractivity contribution is -0.126. The van der Waals surface area contributed by atoms with Crippen molar-refractivity contribution >= 4 is 17.7 Å². The summed E-state index contributed by atoms with van der Waals surface area (Å²) in [5.74, 6) is 0.753. The lowest BCUT2D eigenvalue weighted by Crippen LogP contribution is -2.41. The molecule has 1 aromatic carbocycles. The largest absolute Gasteiger partial charge is 0.465 e. The molecule has 0 unspecified atom stereocenters. The first-order valence-electron chi connectivity index (χ1n) is 7.63. The van der Waals surface area contributed by atoms with Gasteiger partial charge in [0.2, 0.25) is 5.91 Å². The van der Waals surface area contributed by atoms with Crippen molar-refractivity contribution in [1.82, 2.24) is 4.90 Å². The van der Waals surface area contributed by atoms with Gasteiger partial charge in [-0.2, -0.15) is 0 Å². The lowest BCUT2D eigenvalue weighted by Gasteiger charge is -2.32. The highest BCUT2D eigenvalue weighted by Gasteiger charge is 2.21. The van der Waals surface area contributed by atoms with Crippen LogP contribution in [-0.2, 0) is 4.79 Å². The van der Waals surface area contributed by atoms with Gasteiger partial charge in [0.05, 0.1) is 6.26 Å². The van der Waals surface area contributed by atoms with Crippen molar-refractivity contribution in [2.24, 2.45) is 0 Å². The van der Waals surface area contributed by atoms with Crippen LogP contribution in [0.25, 0.3) is 6.08 Å². The lowest BCUT2D eigenvalue weighted by atomic mass is 10.0. The number of nitrogens with zero attached hydrogens (tertiary/aromatic N) is 1. The third kappa shape index (κ3) is 3.79. The maximum atomic E-state index is 12.1. The van der Waals surface area contributed by atoms with Crippen molar-refractivity contribution in [2.75, 3.05) is 18.4 Å². The van der Waals surface area contributed by atoms with E-state index in [4.69, 9.17) is 4.42 Å². The third-order valence-electron chi connectivity index (χ3n) is 3.88. The fourth-order valence-corrected chi connectivity index (χ4v) is 2.66. The van der Waals surface area contributed by atoms with Crippen LogP contribution >= 0.6 is 0 Å². The molecule has 1 amide bonds. The highest BCUT2D eigenvalue weighted by atomic mass is 16.3. The molecule has 0 atom stereocenters. The number of rotatable bonds is 4. The first-order chi connectivity index (χ1) is 10.8. The van der Waals surface area contributed by atoms with Crippen LogP contribution in [0.1, 0.15) is 18.6 Å². The molecule has 1 aliphatic heterocycles. The minimum absolute atomic E-state index is 0.0505. The van der Waals surface area contributed by atoms with E-state index >= 15 is 0 Å². The van der Waals surface area contributed by atoms with Crippen molar-refractivity contribution in [3.63, 3.8) is 0 Å². The van der Waals surface area contributed by atoms with Gasteiger partial charge in [-0.1, -0.05) is 18.2 Å². The van der Waals surface area contributed by atoms with Crippen LogP contribution in [-0.4, -0.2) is 29.9 Å². The fourth-order valence-electron chi connectivity index (χ4n) is 2.66. The van der Waals surface area contributed by atoms with Gasteiger partial charge in [-0.3, -0.25) is 4.79 Å². The van der Waals surface area contributed by atoms with Crippen LogP contribution < -0.4 is 5.32 Å². The first-order valence-corrected chi connectivity index (χ1v) is 7.63. The quantitative estimate of drug-likeness (QED) is 0.880. The Morgan fingerprint density at radius 2 is 1.91 bits per heavy atom. The van der Waals surface area contributed by atoms with E-state index < -0.39 is 0 Å². The van der Waals surface area contributed by atoms with Crippen molar-refractivity contribution in [2.45, 2.75) is 18.9 Å². The van der Waals surface area contributed by atoms with E-state index in [1.807, 2.05) is 35.2 Å². The summed E-state index contributed by atoms with van der Waals surface area (Å²) in [5, 5.41) is 3.52. The zero-order valence-corrected chi connectivity index (χ0v) is 12.4. The van der Waals surface area contributed by atoms with Gasteiger partial charge in [0.25, 0.3) is 0 Å². The van der Waals surface area contributed by atoms with E-state index in [0.717, 1.165) is 31.6 Å². The molecule has 1 saturated heterocycles. The smallest absolute Gasteiger partial charge is 0.246 e. The molecule has 1 aromatic heterocycles. The number of hydrogen-bond acceptors (Lipinski definition) is 3. The first kappa shape index (κ1) is 14.4. The van der Waals surface area contributed by atoms with Gasteiger partial charge in [-0.05, 0) is 43.2 Å². The standard InChI is InChI=1S/C18H20N2O2/c21-18(9-8-17-7-4-14-22-17)20-12-10-16(11-13-20)19-15-5-2-1-3-6-15/h1-9,14,16,19H,10-13H2/b9-8-. The predicted octanol–water partition coefficient (Wildman–Crippen LogP) is 3.40. The second-order valence-electron chi connectivity index (χ2n) is 5.46. The maximum absolute atomic E-state index is 12.1. The van der Waals surface area contributed by atoms with Gasteiger partial charge in [0.15, 0.2) is 0 Å². The molecule has 114 valence electrons. The molecule has 0 aliphatic carbocycles. The van der Waals surface area contributed by atoms with Gasteiger partial charge in [-0.25, -0.2) is 0 Å². The van der Waals surface area contributed by atoms with E-state index in [1.54, 1.807) is 18.4 Å². The summed E-state index contributed by atoms with van der Waals surface area (Å²) in [4.78, 5) is 14.0. The Morgan fingerprint density at radius 3 is 2.59 bits per heavy atom. The molecule has 0 bridgehead atoms. The van der Waals surface area contributed by atoms with Crippen molar-refractivity contribution in [3.8, 4) is 0 Å². The normalized spacial score (nSPS) is 16.1. The van der Waals surface area contributed by atoms with Gasteiger partial charge in [0.1, 0.15) is 5.76 Å². The summed E-state index contributed by atoms with van der Waals surface area (Å²) in [6.07, 6.45) is 6.84. The van der Waals surface area contributed by atoms with E-state index in [2.05, 4.69) is 17.4 Å². The van der Waals surface area contributed by atoms with Crippen LogP contribution in [0.15, 0.2) is 59.2 Å². The molecule has 1 fully saturated rings. The number of benzene rings is 1. The minimum atomic E-state index is 0.0505. The highest BCUT2D eigenvalue weighted by molar-refractivity contribution is 5.91. The number of amides is 1. The fraction of sp³-hybridized carbons (Fsp3) is 0.278. The molecule has 3 rings (SSSR count). The average molecular weight is 296 g/mol. The number of piperidine rings is 1. The number of para-hydroxylation sites is 1. The molecule has 1 aliphatic rings.